The second-order valence-electron chi connectivity index (χ2n) is 15.3. The van der Waals surface area contributed by atoms with Crippen LogP contribution in [0, 0.1) is 0 Å². The van der Waals surface area contributed by atoms with Gasteiger partial charge >= 0.3 is 19.8 Å². The molecule has 0 saturated carbocycles. The molecule has 0 radical (unpaired) electrons. The summed E-state index contributed by atoms with van der Waals surface area (Å²) in [6.45, 7) is 3.68. The first-order chi connectivity index (χ1) is 26.8. The van der Waals surface area contributed by atoms with Gasteiger partial charge in [0.1, 0.15) is 6.61 Å². The molecule has 0 aromatic carbocycles. The Hall–Kier alpha value is -1.51. The average molecular weight is 800 g/mol. The van der Waals surface area contributed by atoms with Crippen LogP contribution in [0.25, 0.3) is 0 Å². The molecule has 324 valence electrons. The van der Waals surface area contributed by atoms with Gasteiger partial charge in [0.15, 0.2) is 6.10 Å². The second-order valence-corrected chi connectivity index (χ2v) is 16.7. The highest BCUT2D eigenvalue weighted by atomic mass is 31.2. The first kappa shape index (κ1) is 53.5. The summed E-state index contributed by atoms with van der Waals surface area (Å²) in [4.78, 5) is 34.8. The Morgan fingerprint density at radius 2 is 0.891 bits per heavy atom. The topological polar surface area (TPSA) is 134 Å². The van der Waals surface area contributed by atoms with Crippen molar-refractivity contribution in [2.45, 2.75) is 225 Å². The summed E-state index contributed by atoms with van der Waals surface area (Å²) in [7, 11) is -4.39. The van der Waals surface area contributed by atoms with E-state index >= 15 is 0 Å². The van der Waals surface area contributed by atoms with Gasteiger partial charge in [-0.25, -0.2) is 4.57 Å². The predicted molar refractivity (Wildman–Crippen MR) is 229 cm³/mol. The number of allylic oxidation sites excluding steroid dienone is 4. The highest BCUT2D eigenvalue weighted by Gasteiger charge is 2.25. The van der Waals surface area contributed by atoms with Crippen LogP contribution in [-0.4, -0.2) is 49.3 Å². The molecule has 3 N–H and O–H groups in total. The minimum atomic E-state index is -4.39. The van der Waals surface area contributed by atoms with Crippen LogP contribution in [0.1, 0.15) is 219 Å². The van der Waals surface area contributed by atoms with Crippen molar-refractivity contribution in [2.24, 2.45) is 5.73 Å². The number of hydrogen-bond donors (Lipinski definition) is 2. The summed E-state index contributed by atoms with van der Waals surface area (Å²) < 4.78 is 32.7. The third-order valence-corrected chi connectivity index (χ3v) is 10.8. The SMILES string of the molecule is CCCCCCCCCCCCCC=CCCC(=O)OCC(COP(=O)(O)OCCN)OC(=O)CCC=CCCCCCCCCCCCCCCCCC. The van der Waals surface area contributed by atoms with E-state index in [1.807, 2.05) is 12.2 Å². The molecule has 0 bridgehead atoms. The van der Waals surface area contributed by atoms with Crippen LogP contribution >= 0.6 is 7.82 Å². The van der Waals surface area contributed by atoms with E-state index in [4.69, 9.17) is 24.3 Å². The van der Waals surface area contributed by atoms with E-state index < -0.39 is 32.5 Å². The normalized spacial score (nSPS) is 13.5. The van der Waals surface area contributed by atoms with Gasteiger partial charge in [-0.2, -0.15) is 0 Å². The van der Waals surface area contributed by atoms with E-state index in [-0.39, 0.29) is 32.6 Å². The van der Waals surface area contributed by atoms with Crippen molar-refractivity contribution >= 4 is 19.8 Å². The number of carbonyl (C=O) groups excluding carboxylic acids is 2. The molecule has 0 aromatic heterocycles. The van der Waals surface area contributed by atoms with E-state index in [2.05, 4.69) is 26.0 Å². The van der Waals surface area contributed by atoms with Crippen LogP contribution in [0.2, 0.25) is 0 Å². The molecule has 0 fully saturated rings. The predicted octanol–water partition coefficient (Wildman–Crippen LogP) is 13.2. The largest absolute Gasteiger partial charge is 0.472 e. The lowest BCUT2D eigenvalue weighted by atomic mass is 10.0. The maximum absolute atomic E-state index is 12.6. The fourth-order valence-corrected chi connectivity index (χ4v) is 7.20. The van der Waals surface area contributed by atoms with Gasteiger partial charge in [0.2, 0.25) is 0 Å². The number of carbonyl (C=O) groups is 2. The van der Waals surface area contributed by atoms with Crippen molar-refractivity contribution in [3.63, 3.8) is 0 Å². The Bertz CT molecular complexity index is 959. The molecule has 2 unspecified atom stereocenters. The molecule has 0 saturated heterocycles. The van der Waals surface area contributed by atoms with Crippen molar-refractivity contribution in [3.8, 4) is 0 Å². The highest BCUT2D eigenvalue weighted by Crippen LogP contribution is 2.43. The molecule has 0 aliphatic heterocycles. The maximum atomic E-state index is 12.6. The fraction of sp³-hybridized carbons (Fsp3) is 0.867. The van der Waals surface area contributed by atoms with Gasteiger partial charge in [-0.3, -0.25) is 18.6 Å². The number of phosphoric acid groups is 1. The molecule has 0 rings (SSSR count). The van der Waals surface area contributed by atoms with Crippen LogP contribution in [0.15, 0.2) is 24.3 Å². The summed E-state index contributed by atoms with van der Waals surface area (Å²) >= 11 is 0. The monoisotopic (exact) mass is 800 g/mol. The van der Waals surface area contributed by atoms with Crippen molar-refractivity contribution in [2.75, 3.05) is 26.4 Å². The zero-order valence-electron chi connectivity index (χ0n) is 35.7. The van der Waals surface area contributed by atoms with Crippen LogP contribution in [0.5, 0.6) is 0 Å². The van der Waals surface area contributed by atoms with Gasteiger partial charge in [-0.05, 0) is 38.5 Å². The summed E-state index contributed by atoms with van der Waals surface area (Å²) in [6, 6.07) is 0. The molecular weight excluding hydrogens is 713 g/mol. The summed E-state index contributed by atoms with van der Waals surface area (Å²) in [5.74, 6) is -0.934. The first-order valence-electron chi connectivity index (χ1n) is 22.8. The number of unbranched alkanes of at least 4 members (excludes halogenated alkanes) is 26. The minimum absolute atomic E-state index is 0.0463. The summed E-state index contributed by atoms with van der Waals surface area (Å²) in [5.41, 5.74) is 5.35. The molecular formula is C45H86NO8P. The van der Waals surface area contributed by atoms with E-state index in [1.54, 1.807) is 0 Å². The number of rotatable bonds is 43. The molecule has 0 aromatic rings. The zero-order chi connectivity index (χ0) is 40.3. The van der Waals surface area contributed by atoms with Crippen molar-refractivity contribution < 1.29 is 37.6 Å². The van der Waals surface area contributed by atoms with Crippen molar-refractivity contribution in [3.05, 3.63) is 24.3 Å². The van der Waals surface area contributed by atoms with Crippen LogP contribution in [-0.2, 0) is 32.7 Å². The molecule has 2 atom stereocenters. The van der Waals surface area contributed by atoms with Gasteiger partial charge < -0.3 is 20.1 Å². The lowest BCUT2D eigenvalue weighted by molar-refractivity contribution is -0.161. The lowest BCUT2D eigenvalue weighted by Crippen LogP contribution is -2.29. The number of esters is 2. The van der Waals surface area contributed by atoms with Crippen molar-refractivity contribution in [1.82, 2.24) is 0 Å². The molecule has 0 aliphatic carbocycles. The Morgan fingerprint density at radius 1 is 0.527 bits per heavy atom. The van der Waals surface area contributed by atoms with Gasteiger partial charge in [-0.15, -0.1) is 0 Å². The minimum Gasteiger partial charge on any atom is -0.462 e. The summed E-state index contributed by atoms with van der Waals surface area (Å²) in [5, 5.41) is 0. The van der Waals surface area contributed by atoms with E-state index in [0.29, 0.717) is 12.8 Å². The highest BCUT2D eigenvalue weighted by molar-refractivity contribution is 7.47. The third-order valence-electron chi connectivity index (χ3n) is 9.84. The summed E-state index contributed by atoms with van der Waals surface area (Å²) in [6.07, 6.45) is 45.3. The molecule has 0 heterocycles. The number of ether oxygens (including phenoxy) is 2. The number of nitrogens with two attached hydrogens (primary N) is 1. The Morgan fingerprint density at radius 3 is 1.29 bits per heavy atom. The van der Waals surface area contributed by atoms with E-state index in [0.717, 1.165) is 25.7 Å². The van der Waals surface area contributed by atoms with Crippen LogP contribution in [0.3, 0.4) is 0 Å². The molecule has 10 heteroatoms. The smallest absolute Gasteiger partial charge is 0.462 e. The Labute approximate surface area is 338 Å². The average Bonchev–Trinajstić information content (AvgIpc) is 3.17. The zero-order valence-corrected chi connectivity index (χ0v) is 36.6. The molecule has 0 aliphatic rings. The Balaban J connectivity index is 4.17. The lowest BCUT2D eigenvalue weighted by Gasteiger charge is -2.19. The van der Waals surface area contributed by atoms with Gasteiger partial charge in [0, 0.05) is 19.4 Å². The molecule has 9 nitrogen and oxygen atoms in total. The van der Waals surface area contributed by atoms with Crippen molar-refractivity contribution in [1.29, 1.82) is 0 Å². The quantitative estimate of drug-likeness (QED) is 0.0267. The number of phosphoric ester groups is 1. The van der Waals surface area contributed by atoms with Gasteiger partial charge in [-0.1, -0.05) is 192 Å². The Kier molecular flexibility index (Phi) is 40.9. The maximum Gasteiger partial charge on any atom is 0.472 e. The fourth-order valence-electron chi connectivity index (χ4n) is 6.44. The molecule has 0 spiro atoms. The second kappa shape index (κ2) is 42.1. The van der Waals surface area contributed by atoms with Gasteiger partial charge in [0.25, 0.3) is 0 Å². The van der Waals surface area contributed by atoms with Crippen LogP contribution in [0.4, 0.5) is 0 Å². The molecule has 0 amide bonds. The van der Waals surface area contributed by atoms with E-state index in [1.165, 1.54) is 154 Å². The molecule has 55 heavy (non-hydrogen) atoms. The van der Waals surface area contributed by atoms with Gasteiger partial charge in [0.05, 0.1) is 13.2 Å². The standard InChI is InChI=1S/C45H86NO8P/c1-3-5-7-9-11-13-15-17-19-20-21-22-24-26-28-30-32-34-36-38-45(48)54-43(42-53-55(49,50)52-40-39-46)41-51-44(47)37-35-33-31-29-27-25-23-18-16-14-12-10-8-6-4-2/h31-34,43H,3-30,35-42,46H2,1-2H3,(H,49,50). The van der Waals surface area contributed by atoms with E-state index in [9.17, 15) is 19.0 Å². The van der Waals surface area contributed by atoms with Crippen LogP contribution < -0.4 is 5.73 Å². The third kappa shape index (κ3) is 41.9. The first-order valence-corrected chi connectivity index (χ1v) is 24.3. The number of hydrogen-bond acceptors (Lipinski definition) is 8.